The molecule has 0 aliphatic rings. The molecule has 30 heavy (non-hydrogen) atoms. The van der Waals surface area contributed by atoms with Gasteiger partial charge in [0.2, 0.25) is 0 Å². The lowest BCUT2D eigenvalue weighted by Crippen LogP contribution is -2.03. The first-order valence-electron chi connectivity index (χ1n) is 10.3. The molecule has 4 rings (SSSR count). The molecule has 4 aromatic rings. The van der Waals surface area contributed by atoms with E-state index in [0.717, 1.165) is 54.0 Å². The Bertz CT molecular complexity index is 1140. The van der Waals surface area contributed by atoms with E-state index in [0.29, 0.717) is 10.0 Å². The number of benzene rings is 3. The molecule has 0 aliphatic carbocycles. The van der Waals surface area contributed by atoms with Crippen molar-refractivity contribution in [1.82, 2.24) is 9.55 Å². The second-order valence-corrected chi connectivity index (χ2v) is 9.31. The predicted octanol–water partition coefficient (Wildman–Crippen LogP) is 8.15. The molecule has 1 aromatic heterocycles. The van der Waals surface area contributed by atoms with Gasteiger partial charge >= 0.3 is 0 Å². The van der Waals surface area contributed by atoms with Crippen LogP contribution in [0, 0.1) is 0 Å². The minimum atomic E-state index is 0.627. The monoisotopic (exact) mass is 454 g/mol. The smallest absolute Gasteiger partial charge is 0.142 e. The quantitative estimate of drug-likeness (QED) is 0.250. The van der Waals surface area contributed by atoms with Gasteiger partial charge in [-0.05, 0) is 67.0 Å². The average Bonchev–Trinajstić information content (AvgIpc) is 3.10. The van der Waals surface area contributed by atoms with Crippen molar-refractivity contribution >= 4 is 46.0 Å². The van der Waals surface area contributed by atoms with Crippen molar-refractivity contribution < 1.29 is 0 Å². The number of hydrogen-bond donors (Lipinski definition) is 0. The lowest BCUT2D eigenvalue weighted by molar-refractivity contribution is 0.662. The number of rotatable bonds is 8. The van der Waals surface area contributed by atoms with Crippen LogP contribution in [0.3, 0.4) is 0 Å². The van der Waals surface area contributed by atoms with Crippen LogP contribution in [0.4, 0.5) is 0 Å². The maximum absolute atomic E-state index is 6.55. The average molecular weight is 455 g/mol. The summed E-state index contributed by atoms with van der Waals surface area (Å²) in [5.41, 5.74) is 4.42. The van der Waals surface area contributed by atoms with Gasteiger partial charge in [0.1, 0.15) is 5.82 Å². The Hall–Kier alpha value is -1.94. The lowest BCUT2D eigenvalue weighted by Gasteiger charge is -2.11. The summed E-state index contributed by atoms with van der Waals surface area (Å²) in [5.74, 6) is 2.01. The third-order valence-corrected chi connectivity index (χ3v) is 6.80. The van der Waals surface area contributed by atoms with E-state index in [2.05, 4.69) is 60.0 Å². The summed E-state index contributed by atoms with van der Waals surface area (Å²) in [5, 5.41) is 1.26. The maximum atomic E-state index is 6.55. The molecular weight excluding hydrogens is 431 g/mol. The van der Waals surface area contributed by atoms with Gasteiger partial charge in [0.15, 0.2) is 0 Å². The third-order valence-electron chi connectivity index (χ3n) is 5.05. The van der Waals surface area contributed by atoms with E-state index in [9.17, 15) is 0 Å². The van der Waals surface area contributed by atoms with Crippen LogP contribution in [0.2, 0.25) is 10.0 Å². The first kappa shape index (κ1) is 21.3. The highest BCUT2D eigenvalue weighted by molar-refractivity contribution is 7.99. The zero-order valence-corrected chi connectivity index (χ0v) is 19.3. The molecule has 0 bridgehead atoms. The minimum absolute atomic E-state index is 0.627. The molecule has 0 unspecified atom stereocenters. The molecule has 5 heteroatoms. The normalized spacial score (nSPS) is 11.3. The number of nitrogens with zero attached hydrogens (tertiary/aromatic N) is 2. The number of aryl methyl sites for hydroxylation is 2. The van der Waals surface area contributed by atoms with E-state index in [1.54, 1.807) is 6.07 Å². The van der Waals surface area contributed by atoms with Gasteiger partial charge in [-0.3, -0.25) is 0 Å². The van der Waals surface area contributed by atoms with Crippen LogP contribution in [-0.2, 0) is 13.0 Å². The lowest BCUT2D eigenvalue weighted by atomic mass is 10.1. The molecule has 2 nitrogen and oxygen atoms in total. The Morgan fingerprint density at radius 3 is 2.57 bits per heavy atom. The van der Waals surface area contributed by atoms with Gasteiger partial charge in [0.25, 0.3) is 0 Å². The number of fused-ring (bicyclic) bond motifs is 1. The Morgan fingerprint density at radius 2 is 1.80 bits per heavy atom. The van der Waals surface area contributed by atoms with Crippen molar-refractivity contribution in [2.45, 2.75) is 37.6 Å². The second kappa shape index (κ2) is 9.91. The Morgan fingerprint density at radius 1 is 0.967 bits per heavy atom. The number of thioether (sulfide) groups is 1. The fourth-order valence-electron chi connectivity index (χ4n) is 3.60. The van der Waals surface area contributed by atoms with E-state index < -0.39 is 0 Å². The molecule has 0 fully saturated rings. The zero-order chi connectivity index (χ0) is 20.9. The molecule has 0 aliphatic heterocycles. The van der Waals surface area contributed by atoms with Crippen molar-refractivity contribution in [1.29, 1.82) is 0 Å². The van der Waals surface area contributed by atoms with Crippen molar-refractivity contribution in [3.63, 3.8) is 0 Å². The number of halogens is 2. The number of aromatic nitrogens is 2. The highest BCUT2D eigenvalue weighted by Crippen LogP contribution is 2.34. The molecule has 1 heterocycles. The maximum Gasteiger partial charge on any atom is 0.142 e. The molecule has 154 valence electrons. The molecular formula is C25H24Cl2N2S. The van der Waals surface area contributed by atoms with Crippen LogP contribution in [0.5, 0.6) is 0 Å². The van der Waals surface area contributed by atoms with Crippen LogP contribution >= 0.6 is 35.0 Å². The SMILES string of the molecule is CCCSc1ccc2nc(-c3ccc(Cl)cc3Cl)n(CCCc3ccccc3)c2c1. The zero-order valence-electron chi connectivity index (χ0n) is 16.9. The van der Waals surface area contributed by atoms with Crippen molar-refractivity contribution in [3.8, 4) is 11.4 Å². The standard InChI is InChI=1S/C25H24Cl2N2S/c1-2-15-30-20-11-13-23-24(17-20)29(14-6-9-18-7-4-3-5-8-18)25(28-23)21-12-10-19(26)16-22(21)27/h3-5,7-8,10-13,16-17H,2,6,9,14-15H2,1H3. The van der Waals surface area contributed by atoms with Crippen molar-refractivity contribution in [2.24, 2.45) is 0 Å². The fourth-order valence-corrected chi connectivity index (χ4v) is 4.89. The molecule has 0 spiro atoms. The fraction of sp³-hybridized carbons (Fsp3) is 0.240. The van der Waals surface area contributed by atoms with E-state index in [-0.39, 0.29) is 0 Å². The van der Waals surface area contributed by atoms with Gasteiger partial charge in [-0.15, -0.1) is 11.8 Å². The van der Waals surface area contributed by atoms with Crippen molar-refractivity contribution in [3.05, 3.63) is 82.3 Å². The molecule has 3 aromatic carbocycles. The summed E-state index contributed by atoms with van der Waals surface area (Å²) in [4.78, 5) is 6.23. The molecule has 0 saturated heterocycles. The molecule has 0 saturated carbocycles. The summed E-state index contributed by atoms with van der Waals surface area (Å²) < 4.78 is 2.31. The second-order valence-electron chi connectivity index (χ2n) is 7.30. The summed E-state index contributed by atoms with van der Waals surface area (Å²) in [6.07, 6.45) is 3.21. The largest absolute Gasteiger partial charge is 0.324 e. The third kappa shape index (κ3) is 4.85. The van der Waals surface area contributed by atoms with E-state index in [4.69, 9.17) is 28.2 Å². The van der Waals surface area contributed by atoms with Gasteiger partial charge in [0, 0.05) is 22.0 Å². The first-order chi connectivity index (χ1) is 14.7. The molecule has 0 radical (unpaired) electrons. The van der Waals surface area contributed by atoms with Gasteiger partial charge in [-0.25, -0.2) is 4.98 Å². The first-order valence-corrected chi connectivity index (χ1v) is 12.0. The van der Waals surface area contributed by atoms with Crippen LogP contribution in [0.1, 0.15) is 25.3 Å². The Balaban J connectivity index is 1.72. The number of imidazole rings is 1. The van der Waals surface area contributed by atoms with Crippen LogP contribution in [0.15, 0.2) is 71.6 Å². The minimum Gasteiger partial charge on any atom is -0.324 e. The number of hydrogen-bond acceptors (Lipinski definition) is 2. The summed E-state index contributed by atoms with van der Waals surface area (Å²) >= 11 is 14.6. The molecule has 0 amide bonds. The highest BCUT2D eigenvalue weighted by atomic mass is 35.5. The van der Waals surface area contributed by atoms with Gasteiger partial charge < -0.3 is 4.57 Å². The van der Waals surface area contributed by atoms with E-state index >= 15 is 0 Å². The van der Waals surface area contributed by atoms with Gasteiger partial charge in [-0.2, -0.15) is 0 Å². The van der Waals surface area contributed by atoms with Gasteiger partial charge in [0.05, 0.1) is 16.1 Å². The Kier molecular flexibility index (Phi) is 7.04. The molecule has 0 N–H and O–H groups in total. The van der Waals surface area contributed by atoms with Crippen LogP contribution in [0.25, 0.3) is 22.4 Å². The Labute approximate surface area is 192 Å². The summed E-state index contributed by atoms with van der Waals surface area (Å²) in [7, 11) is 0. The summed E-state index contributed by atoms with van der Waals surface area (Å²) in [6, 6.07) is 22.8. The van der Waals surface area contributed by atoms with E-state index in [1.807, 2.05) is 23.9 Å². The molecule has 0 atom stereocenters. The van der Waals surface area contributed by atoms with Crippen molar-refractivity contribution in [2.75, 3.05) is 5.75 Å². The van der Waals surface area contributed by atoms with Crippen LogP contribution < -0.4 is 0 Å². The van der Waals surface area contributed by atoms with Gasteiger partial charge in [-0.1, -0.05) is 60.5 Å². The predicted molar refractivity (Wildman–Crippen MR) is 131 cm³/mol. The van der Waals surface area contributed by atoms with E-state index in [1.165, 1.54) is 10.5 Å². The highest BCUT2D eigenvalue weighted by Gasteiger charge is 2.16. The topological polar surface area (TPSA) is 17.8 Å². The van der Waals surface area contributed by atoms with Crippen LogP contribution in [-0.4, -0.2) is 15.3 Å². The summed E-state index contributed by atoms with van der Waals surface area (Å²) in [6.45, 7) is 3.08.